The lowest BCUT2D eigenvalue weighted by Gasteiger charge is -2.20. The molecule has 0 saturated heterocycles. The third-order valence-electron chi connectivity index (χ3n) is 12.9. The SMILES string of the molecule is Cc1ccc(-c2ccc3c(c2)c2ccccc2n3-c2cc(C#N)ccc2-c2ccc(-c3cc(C(F)(F)F)cc(C(F)(F)F)c3)cc2-n2c3ccccc3c3cc(-c4ccc(C)cc4)ccc32)cc1. The highest BCUT2D eigenvalue weighted by Gasteiger charge is 2.37. The summed E-state index contributed by atoms with van der Waals surface area (Å²) in [5.74, 6) is 0. The van der Waals surface area contributed by atoms with E-state index in [1.54, 1.807) is 24.3 Å². The van der Waals surface area contributed by atoms with Gasteiger partial charge in [-0.2, -0.15) is 31.6 Å². The highest BCUT2D eigenvalue weighted by molar-refractivity contribution is 6.13. The minimum atomic E-state index is -5.04. The Balaban J connectivity index is 1.21. The second-order valence-electron chi connectivity index (χ2n) is 17.3. The number of para-hydroxylation sites is 2. The fourth-order valence-corrected chi connectivity index (χ4v) is 9.58. The number of benzene rings is 9. The third-order valence-corrected chi connectivity index (χ3v) is 12.9. The number of aromatic nitrogens is 2. The van der Waals surface area contributed by atoms with Crippen molar-refractivity contribution in [1.82, 2.24) is 9.13 Å². The van der Waals surface area contributed by atoms with Crippen LogP contribution in [0, 0.1) is 25.2 Å². The van der Waals surface area contributed by atoms with Gasteiger partial charge < -0.3 is 9.13 Å². The predicted octanol–water partition coefficient (Wildman–Crippen LogP) is 17.1. The molecule has 9 heteroatoms. The van der Waals surface area contributed by atoms with Gasteiger partial charge in [0.05, 0.1) is 56.2 Å². The molecule has 2 aromatic heterocycles. The molecule has 0 N–H and O–H groups in total. The van der Waals surface area contributed by atoms with Crippen LogP contribution in [0.4, 0.5) is 26.3 Å². The number of hydrogen-bond donors (Lipinski definition) is 0. The standard InChI is InChI=1S/C59H37F6N3/c1-35-11-16-38(17-12-35)40-21-25-54-50(30-40)46-7-3-5-9-52(46)67(54)56-27-37(34-66)15-23-48(56)49-24-20-42(43-28-44(58(60,61)62)33-45(29-43)59(63,64)65)32-57(49)68-53-10-6-4-8-47(53)51-31-41(22-26-55(51)68)39-18-13-36(2)14-19-39/h3-33H,1-2H3. The van der Waals surface area contributed by atoms with E-state index in [2.05, 4.69) is 77.4 Å². The third kappa shape index (κ3) is 7.26. The Bertz CT molecular complexity index is 3810. The number of nitrogens with zero attached hydrogens (tertiary/aromatic N) is 3. The van der Waals surface area contributed by atoms with Crippen LogP contribution < -0.4 is 0 Å². The van der Waals surface area contributed by atoms with Crippen LogP contribution in [0.2, 0.25) is 0 Å². The molecule has 0 aliphatic heterocycles. The molecule has 9 aromatic carbocycles. The molecule has 0 aliphatic carbocycles. The van der Waals surface area contributed by atoms with Crippen LogP contribution in [0.3, 0.4) is 0 Å². The molecule has 0 unspecified atom stereocenters. The van der Waals surface area contributed by atoms with Crippen LogP contribution in [0.15, 0.2) is 188 Å². The van der Waals surface area contributed by atoms with E-state index in [-0.39, 0.29) is 17.2 Å². The van der Waals surface area contributed by atoms with Crippen molar-refractivity contribution >= 4 is 43.6 Å². The predicted molar refractivity (Wildman–Crippen MR) is 261 cm³/mol. The van der Waals surface area contributed by atoms with Crippen molar-refractivity contribution in [3.63, 3.8) is 0 Å². The summed E-state index contributed by atoms with van der Waals surface area (Å²) in [7, 11) is 0. The van der Waals surface area contributed by atoms with Crippen LogP contribution in [-0.4, -0.2) is 9.13 Å². The first kappa shape index (κ1) is 42.3. The molecule has 11 aromatic rings. The van der Waals surface area contributed by atoms with Gasteiger partial charge in [-0.1, -0.05) is 126 Å². The zero-order valence-electron chi connectivity index (χ0n) is 36.5. The summed E-state index contributed by atoms with van der Waals surface area (Å²) in [6.45, 7) is 4.07. The summed E-state index contributed by atoms with van der Waals surface area (Å²) < 4.78 is 90.3. The summed E-state index contributed by atoms with van der Waals surface area (Å²) in [5, 5.41) is 14.2. The maximum atomic E-state index is 14.4. The van der Waals surface area contributed by atoms with Gasteiger partial charge in [-0.3, -0.25) is 0 Å². The number of halogens is 6. The minimum Gasteiger partial charge on any atom is -0.309 e. The van der Waals surface area contributed by atoms with Crippen molar-refractivity contribution in [1.29, 1.82) is 5.26 Å². The molecule has 3 nitrogen and oxygen atoms in total. The van der Waals surface area contributed by atoms with E-state index < -0.39 is 23.5 Å². The Morgan fingerprint density at radius 1 is 0.368 bits per heavy atom. The monoisotopic (exact) mass is 901 g/mol. The number of nitriles is 1. The number of alkyl halides is 6. The zero-order chi connectivity index (χ0) is 47.1. The highest BCUT2D eigenvalue weighted by atomic mass is 19.4. The normalized spacial score (nSPS) is 12.1. The summed E-state index contributed by atoms with van der Waals surface area (Å²) in [6, 6.07) is 59.3. The Morgan fingerprint density at radius 3 is 1.24 bits per heavy atom. The van der Waals surface area contributed by atoms with Crippen molar-refractivity contribution in [2.75, 3.05) is 0 Å². The van der Waals surface area contributed by atoms with E-state index in [1.165, 1.54) is 0 Å². The maximum Gasteiger partial charge on any atom is 0.416 e. The fraction of sp³-hybridized carbons (Fsp3) is 0.0678. The van der Waals surface area contributed by atoms with E-state index in [0.717, 1.165) is 89.1 Å². The van der Waals surface area contributed by atoms with Crippen molar-refractivity contribution in [2.45, 2.75) is 26.2 Å². The van der Waals surface area contributed by atoms with Crippen molar-refractivity contribution in [3.8, 4) is 62.0 Å². The Kier molecular flexibility index (Phi) is 9.90. The summed E-state index contributed by atoms with van der Waals surface area (Å²) in [4.78, 5) is 0. The molecule has 0 fully saturated rings. The van der Waals surface area contributed by atoms with Gasteiger partial charge in [0.2, 0.25) is 0 Å². The van der Waals surface area contributed by atoms with E-state index in [4.69, 9.17) is 0 Å². The second kappa shape index (κ2) is 15.9. The lowest BCUT2D eigenvalue weighted by molar-refractivity contribution is -0.143. The van der Waals surface area contributed by atoms with Gasteiger partial charge in [0, 0.05) is 32.7 Å². The van der Waals surface area contributed by atoms with Crippen molar-refractivity contribution in [2.24, 2.45) is 0 Å². The quantitative estimate of drug-likeness (QED) is 0.153. The lowest BCUT2D eigenvalue weighted by atomic mass is 9.94. The van der Waals surface area contributed by atoms with E-state index in [0.29, 0.717) is 28.1 Å². The van der Waals surface area contributed by atoms with Gasteiger partial charge in [-0.05, 0) is 120 Å². The maximum absolute atomic E-state index is 14.4. The average molecular weight is 902 g/mol. The molecule has 0 radical (unpaired) electrons. The van der Waals surface area contributed by atoms with Gasteiger partial charge in [0.1, 0.15) is 0 Å². The zero-order valence-corrected chi connectivity index (χ0v) is 36.5. The highest BCUT2D eigenvalue weighted by Crippen LogP contribution is 2.45. The summed E-state index contributed by atoms with van der Waals surface area (Å²) in [6.07, 6.45) is -10.1. The summed E-state index contributed by atoms with van der Waals surface area (Å²) in [5.41, 5.74) is 9.64. The summed E-state index contributed by atoms with van der Waals surface area (Å²) >= 11 is 0. The van der Waals surface area contributed by atoms with Gasteiger partial charge in [0.25, 0.3) is 0 Å². The van der Waals surface area contributed by atoms with Crippen LogP contribution in [0.1, 0.15) is 27.8 Å². The minimum absolute atomic E-state index is 0.149. The van der Waals surface area contributed by atoms with E-state index in [1.807, 2.05) is 97.3 Å². The Labute approximate surface area is 387 Å². The number of rotatable bonds is 6. The molecule has 0 saturated carbocycles. The van der Waals surface area contributed by atoms with Crippen LogP contribution in [0.25, 0.3) is 99.5 Å². The number of fused-ring (bicyclic) bond motifs is 6. The van der Waals surface area contributed by atoms with E-state index in [9.17, 15) is 31.6 Å². The number of hydrogen-bond acceptors (Lipinski definition) is 1. The first-order valence-electron chi connectivity index (χ1n) is 21.9. The first-order valence-corrected chi connectivity index (χ1v) is 21.9. The molecule has 0 bridgehead atoms. The van der Waals surface area contributed by atoms with Crippen LogP contribution >= 0.6 is 0 Å². The van der Waals surface area contributed by atoms with E-state index >= 15 is 0 Å². The first-order chi connectivity index (χ1) is 32.7. The van der Waals surface area contributed by atoms with Gasteiger partial charge in [0.15, 0.2) is 0 Å². The molecular formula is C59H37F6N3. The molecule has 2 heterocycles. The molecule has 0 spiro atoms. The molecule has 0 atom stereocenters. The largest absolute Gasteiger partial charge is 0.416 e. The molecule has 330 valence electrons. The average Bonchev–Trinajstić information content (AvgIpc) is 3.85. The molecule has 68 heavy (non-hydrogen) atoms. The van der Waals surface area contributed by atoms with Gasteiger partial charge in [-0.25, -0.2) is 0 Å². The fourth-order valence-electron chi connectivity index (χ4n) is 9.58. The molecule has 11 rings (SSSR count). The molecule has 0 amide bonds. The topological polar surface area (TPSA) is 33.6 Å². The second-order valence-corrected chi connectivity index (χ2v) is 17.3. The van der Waals surface area contributed by atoms with Gasteiger partial charge in [-0.15, -0.1) is 0 Å². The molecule has 0 aliphatic rings. The van der Waals surface area contributed by atoms with Crippen molar-refractivity contribution in [3.05, 3.63) is 216 Å². The lowest BCUT2D eigenvalue weighted by Crippen LogP contribution is -2.11. The Morgan fingerprint density at radius 2 is 0.765 bits per heavy atom. The van der Waals surface area contributed by atoms with Crippen LogP contribution in [0.5, 0.6) is 0 Å². The Hall–Kier alpha value is -8.35. The number of aryl methyl sites for hydroxylation is 2. The smallest absolute Gasteiger partial charge is 0.309 e. The van der Waals surface area contributed by atoms with Crippen molar-refractivity contribution < 1.29 is 26.3 Å². The molecular weight excluding hydrogens is 865 g/mol. The van der Waals surface area contributed by atoms with Crippen LogP contribution in [-0.2, 0) is 12.4 Å². The van der Waals surface area contributed by atoms with Gasteiger partial charge >= 0.3 is 12.4 Å².